The highest BCUT2D eigenvalue weighted by atomic mass is 32.1. The molecule has 1 N–H and O–H groups in total. The molecule has 0 bridgehead atoms. The van der Waals surface area contributed by atoms with E-state index in [-0.39, 0.29) is 0 Å². The van der Waals surface area contributed by atoms with E-state index in [1.165, 1.54) is 19.3 Å². The summed E-state index contributed by atoms with van der Waals surface area (Å²) in [6, 6.07) is 16.1. The monoisotopic (exact) mass is 433 g/mol. The highest BCUT2D eigenvalue weighted by Crippen LogP contribution is 2.38. The van der Waals surface area contributed by atoms with Crippen molar-refractivity contribution in [2.24, 2.45) is 0 Å². The second-order valence-corrected chi connectivity index (χ2v) is 8.20. The van der Waals surface area contributed by atoms with E-state index in [2.05, 4.69) is 39.7 Å². The summed E-state index contributed by atoms with van der Waals surface area (Å²) in [5.41, 5.74) is 3.18. The van der Waals surface area contributed by atoms with Crippen molar-refractivity contribution in [3.63, 3.8) is 0 Å². The third-order valence-electron chi connectivity index (χ3n) is 5.15. The summed E-state index contributed by atoms with van der Waals surface area (Å²) in [5, 5.41) is 6.60. The van der Waals surface area contributed by atoms with Gasteiger partial charge in [0.05, 0.1) is 19.1 Å². The molecule has 0 saturated heterocycles. The molecule has 2 aromatic heterocycles. The highest BCUT2D eigenvalue weighted by Gasteiger charge is 2.13. The lowest BCUT2D eigenvalue weighted by molar-refractivity contribution is 0.305. The number of ether oxygens (including phenoxy) is 2. The van der Waals surface area contributed by atoms with Crippen molar-refractivity contribution in [3.8, 4) is 22.6 Å². The Balaban J connectivity index is 1.51. The fourth-order valence-corrected chi connectivity index (χ4v) is 4.36. The molecule has 0 unspecified atom stereocenters. The molecule has 2 heterocycles. The third kappa shape index (κ3) is 5.14. The molecule has 5 nitrogen and oxygen atoms in total. The van der Waals surface area contributed by atoms with Crippen LogP contribution in [0.2, 0.25) is 0 Å². The van der Waals surface area contributed by atoms with Gasteiger partial charge in [-0.25, -0.2) is 9.97 Å². The minimum Gasteiger partial charge on any atom is -0.497 e. The molecule has 0 saturated carbocycles. The number of fused-ring (bicyclic) bond motifs is 1. The molecule has 0 aliphatic rings. The van der Waals surface area contributed by atoms with Crippen LogP contribution in [-0.4, -0.2) is 23.7 Å². The normalized spacial score (nSPS) is 10.9. The van der Waals surface area contributed by atoms with E-state index in [4.69, 9.17) is 9.47 Å². The van der Waals surface area contributed by atoms with E-state index in [0.717, 1.165) is 57.4 Å². The molecule has 0 aliphatic heterocycles. The average Bonchev–Trinajstić information content (AvgIpc) is 3.25. The quantitative estimate of drug-likeness (QED) is 0.271. The first-order valence-electron chi connectivity index (χ1n) is 10.6. The molecule has 0 radical (unpaired) electrons. The topological polar surface area (TPSA) is 56.3 Å². The maximum Gasteiger partial charge on any atom is 0.143 e. The summed E-state index contributed by atoms with van der Waals surface area (Å²) in [6.07, 6.45) is 6.42. The fourth-order valence-electron chi connectivity index (χ4n) is 3.44. The van der Waals surface area contributed by atoms with Gasteiger partial charge >= 0.3 is 0 Å². The molecule has 6 heteroatoms. The minimum absolute atomic E-state index is 0.763. The number of thiophene rings is 1. The number of benzene rings is 2. The summed E-state index contributed by atoms with van der Waals surface area (Å²) in [6.45, 7) is 2.98. The Morgan fingerprint density at radius 1 is 0.903 bits per heavy atom. The lowest BCUT2D eigenvalue weighted by Crippen LogP contribution is -1.98. The maximum atomic E-state index is 5.85. The van der Waals surface area contributed by atoms with Crippen LogP contribution in [0.3, 0.4) is 0 Å². The molecule has 4 aromatic rings. The van der Waals surface area contributed by atoms with Gasteiger partial charge in [0, 0.05) is 16.6 Å². The number of methoxy groups -OCH3 is 1. The summed E-state index contributed by atoms with van der Waals surface area (Å²) >= 11 is 1.62. The molecular weight excluding hydrogens is 406 g/mol. The Labute approximate surface area is 187 Å². The zero-order chi connectivity index (χ0) is 21.5. The molecule has 0 amide bonds. The molecular formula is C25H27N3O2S. The molecule has 160 valence electrons. The lowest BCUT2D eigenvalue weighted by Gasteiger charge is -2.10. The summed E-state index contributed by atoms with van der Waals surface area (Å²) < 4.78 is 11.1. The van der Waals surface area contributed by atoms with Crippen molar-refractivity contribution < 1.29 is 9.47 Å². The van der Waals surface area contributed by atoms with Crippen molar-refractivity contribution in [1.29, 1.82) is 0 Å². The Kier molecular flexibility index (Phi) is 6.99. The number of hydrogen-bond donors (Lipinski definition) is 1. The number of aromatic nitrogens is 2. The number of anilines is 2. The van der Waals surface area contributed by atoms with Crippen molar-refractivity contribution in [1.82, 2.24) is 9.97 Å². The summed E-state index contributed by atoms with van der Waals surface area (Å²) in [4.78, 5) is 9.93. The summed E-state index contributed by atoms with van der Waals surface area (Å²) in [5.74, 6) is 2.53. The van der Waals surface area contributed by atoms with Gasteiger partial charge < -0.3 is 14.8 Å². The van der Waals surface area contributed by atoms with Crippen LogP contribution in [0.5, 0.6) is 11.5 Å². The van der Waals surface area contributed by atoms with Gasteiger partial charge in [0.2, 0.25) is 0 Å². The van der Waals surface area contributed by atoms with Gasteiger partial charge in [-0.15, -0.1) is 11.3 Å². The zero-order valence-corrected chi connectivity index (χ0v) is 18.7. The third-order valence-corrected chi connectivity index (χ3v) is 6.04. The van der Waals surface area contributed by atoms with E-state index < -0.39 is 0 Å². The highest BCUT2D eigenvalue weighted by molar-refractivity contribution is 7.17. The second-order valence-electron chi connectivity index (χ2n) is 7.34. The van der Waals surface area contributed by atoms with Crippen molar-refractivity contribution >= 4 is 33.1 Å². The SMILES string of the molecule is CCCCCCOc1ccc(Nc2ncnc3scc(-c4ccc(OC)cc4)c23)cc1. The summed E-state index contributed by atoms with van der Waals surface area (Å²) in [7, 11) is 1.67. The number of nitrogens with one attached hydrogen (secondary N) is 1. The first-order valence-corrected chi connectivity index (χ1v) is 11.5. The number of nitrogens with zero attached hydrogens (tertiary/aromatic N) is 2. The first-order chi connectivity index (χ1) is 15.3. The molecule has 0 atom stereocenters. The van der Waals surface area contributed by atoms with E-state index >= 15 is 0 Å². The number of rotatable bonds is 10. The molecule has 2 aromatic carbocycles. The molecule has 4 rings (SSSR count). The lowest BCUT2D eigenvalue weighted by atomic mass is 10.1. The van der Waals surface area contributed by atoms with Crippen LogP contribution in [0.15, 0.2) is 60.2 Å². The zero-order valence-electron chi connectivity index (χ0n) is 17.9. The van der Waals surface area contributed by atoms with Crippen LogP contribution in [-0.2, 0) is 0 Å². The standard InChI is InChI=1S/C25H27N3O2S/c1-3-4-5-6-15-30-21-13-9-19(10-14-21)28-24-23-22(16-31-25(23)27-17-26-24)18-7-11-20(29-2)12-8-18/h7-14,16-17H,3-6,15H2,1-2H3,(H,26,27,28). The Morgan fingerprint density at radius 3 is 2.42 bits per heavy atom. The molecule has 0 fully saturated rings. The average molecular weight is 434 g/mol. The van der Waals surface area contributed by atoms with Crippen LogP contribution < -0.4 is 14.8 Å². The van der Waals surface area contributed by atoms with Gasteiger partial charge in [-0.05, 0) is 48.4 Å². The Bertz CT molecular complexity index is 1110. The van der Waals surface area contributed by atoms with Crippen molar-refractivity contribution in [2.75, 3.05) is 19.0 Å². The van der Waals surface area contributed by atoms with Gasteiger partial charge in [0.15, 0.2) is 0 Å². The van der Waals surface area contributed by atoms with Gasteiger partial charge in [-0.1, -0.05) is 38.3 Å². The van der Waals surface area contributed by atoms with E-state index in [1.54, 1.807) is 24.8 Å². The largest absolute Gasteiger partial charge is 0.497 e. The van der Waals surface area contributed by atoms with Crippen LogP contribution in [0.25, 0.3) is 21.3 Å². The molecule has 0 aliphatic carbocycles. The predicted octanol–water partition coefficient (Wildman–Crippen LogP) is 7.07. The van der Waals surface area contributed by atoms with Crippen molar-refractivity contribution in [2.45, 2.75) is 32.6 Å². The Hall–Kier alpha value is -3.12. The second kappa shape index (κ2) is 10.3. The molecule has 0 spiro atoms. The van der Waals surface area contributed by atoms with Crippen LogP contribution >= 0.6 is 11.3 Å². The fraction of sp³-hybridized carbons (Fsp3) is 0.280. The maximum absolute atomic E-state index is 5.85. The number of unbranched alkanes of at least 4 members (excludes halogenated alkanes) is 3. The number of hydrogen-bond acceptors (Lipinski definition) is 6. The van der Waals surface area contributed by atoms with Crippen molar-refractivity contribution in [3.05, 3.63) is 60.2 Å². The van der Waals surface area contributed by atoms with Gasteiger partial charge in [0.1, 0.15) is 28.5 Å². The minimum atomic E-state index is 0.763. The van der Waals surface area contributed by atoms with Crippen LogP contribution in [0.1, 0.15) is 32.6 Å². The van der Waals surface area contributed by atoms with Gasteiger partial charge in [-0.2, -0.15) is 0 Å². The van der Waals surface area contributed by atoms with E-state index in [1.807, 2.05) is 36.4 Å². The van der Waals surface area contributed by atoms with E-state index in [9.17, 15) is 0 Å². The van der Waals surface area contributed by atoms with Crippen LogP contribution in [0, 0.1) is 0 Å². The van der Waals surface area contributed by atoms with E-state index in [0.29, 0.717) is 0 Å². The Morgan fingerprint density at radius 2 is 1.68 bits per heavy atom. The molecule has 31 heavy (non-hydrogen) atoms. The van der Waals surface area contributed by atoms with Gasteiger partial charge in [0.25, 0.3) is 0 Å². The smallest absolute Gasteiger partial charge is 0.143 e. The predicted molar refractivity (Wildman–Crippen MR) is 129 cm³/mol. The van der Waals surface area contributed by atoms with Crippen LogP contribution in [0.4, 0.5) is 11.5 Å². The first kappa shape index (κ1) is 21.1. The van der Waals surface area contributed by atoms with Gasteiger partial charge in [-0.3, -0.25) is 0 Å².